The maximum atomic E-state index is 9.12. The van der Waals surface area contributed by atoms with Gasteiger partial charge in [0.05, 0.1) is 6.61 Å². The van der Waals surface area contributed by atoms with Crippen molar-refractivity contribution in [1.82, 2.24) is 9.80 Å². The van der Waals surface area contributed by atoms with Crippen LogP contribution in [0.5, 0.6) is 0 Å². The van der Waals surface area contributed by atoms with Gasteiger partial charge in [-0.2, -0.15) is 0 Å². The monoisotopic (exact) mass is 302 g/mol. The van der Waals surface area contributed by atoms with E-state index in [2.05, 4.69) is 41.0 Å². The van der Waals surface area contributed by atoms with Crippen LogP contribution in [-0.4, -0.2) is 53.7 Å². The summed E-state index contributed by atoms with van der Waals surface area (Å²) in [6, 6.07) is 9.32. The second kappa shape index (κ2) is 7.58. The fourth-order valence-corrected chi connectivity index (χ4v) is 4.08. The number of hydrogen-bond donors (Lipinski definition) is 1. The minimum absolute atomic E-state index is 0.147. The average molecular weight is 302 g/mol. The summed E-state index contributed by atoms with van der Waals surface area (Å²) >= 11 is 0. The molecule has 1 aromatic rings. The second-order valence-corrected chi connectivity index (χ2v) is 6.99. The van der Waals surface area contributed by atoms with Crippen LogP contribution in [0.25, 0.3) is 0 Å². The van der Waals surface area contributed by atoms with E-state index in [-0.39, 0.29) is 6.61 Å². The third kappa shape index (κ3) is 3.89. The van der Waals surface area contributed by atoms with Crippen molar-refractivity contribution in [3.8, 4) is 0 Å². The minimum atomic E-state index is 0.147. The Balaban J connectivity index is 1.47. The van der Waals surface area contributed by atoms with Gasteiger partial charge in [0.15, 0.2) is 0 Å². The van der Waals surface area contributed by atoms with Gasteiger partial charge in [0, 0.05) is 12.6 Å². The van der Waals surface area contributed by atoms with E-state index < -0.39 is 0 Å². The third-order valence-electron chi connectivity index (χ3n) is 5.57. The van der Waals surface area contributed by atoms with Crippen molar-refractivity contribution < 1.29 is 5.11 Å². The molecule has 0 aliphatic carbocycles. The molecule has 0 aromatic heterocycles. The zero-order valence-corrected chi connectivity index (χ0v) is 13.9. The fraction of sp³-hybridized carbons (Fsp3) is 0.684. The number of likely N-dealkylation sites (tertiary alicyclic amines) is 2. The first-order valence-corrected chi connectivity index (χ1v) is 8.93. The standard InChI is InChI=1S/C19H30N2O/c1-2-20-10-8-19(9-11-20)21-12-7-18(14-21)13-16-3-5-17(15-22)6-4-16/h3-6,18-19,22H,2,7-15H2,1H3/t18-/m1/s1. The van der Waals surface area contributed by atoms with E-state index in [0.717, 1.165) is 17.5 Å². The van der Waals surface area contributed by atoms with Gasteiger partial charge < -0.3 is 10.0 Å². The summed E-state index contributed by atoms with van der Waals surface area (Å²) < 4.78 is 0. The topological polar surface area (TPSA) is 26.7 Å². The van der Waals surface area contributed by atoms with Gasteiger partial charge in [-0.25, -0.2) is 0 Å². The molecule has 2 aliphatic heterocycles. The van der Waals surface area contributed by atoms with Crippen molar-refractivity contribution in [2.45, 2.75) is 45.3 Å². The maximum absolute atomic E-state index is 9.12. The first kappa shape index (κ1) is 16.0. The quantitative estimate of drug-likeness (QED) is 0.905. The molecule has 3 rings (SSSR count). The molecule has 122 valence electrons. The largest absolute Gasteiger partial charge is 0.392 e. The molecular formula is C19H30N2O. The van der Waals surface area contributed by atoms with Crippen molar-refractivity contribution in [2.75, 3.05) is 32.7 Å². The van der Waals surface area contributed by atoms with Crippen LogP contribution in [0.15, 0.2) is 24.3 Å². The highest BCUT2D eigenvalue weighted by atomic mass is 16.3. The third-order valence-corrected chi connectivity index (χ3v) is 5.57. The van der Waals surface area contributed by atoms with Crippen molar-refractivity contribution in [2.24, 2.45) is 5.92 Å². The molecule has 0 saturated carbocycles. The van der Waals surface area contributed by atoms with Crippen LogP contribution >= 0.6 is 0 Å². The normalized spacial score (nSPS) is 24.9. The lowest BCUT2D eigenvalue weighted by atomic mass is 9.97. The number of aliphatic hydroxyl groups excluding tert-OH is 1. The van der Waals surface area contributed by atoms with Gasteiger partial charge in [-0.15, -0.1) is 0 Å². The number of piperidine rings is 1. The summed E-state index contributed by atoms with van der Waals surface area (Å²) in [4.78, 5) is 5.33. The first-order chi connectivity index (χ1) is 10.8. The van der Waals surface area contributed by atoms with Crippen LogP contribution in [0.2, 0.25) is 0 Å². The molecular weight excluding hydrogens is 272 g/mol. The molecule has 0 amide bonds. The zero-order valence-electron chi connectivity index (χ0n) is 13.9. The van der Waals surface area contributed by atoms with Crippen LogP contribution in [0.1, 0.15) is 37.3 Å². The Hall–Kier alpha value is -0.900. The maximum Gasteiger partial charge on any atom is 0.0681 e. The van der Waals surface area contributed by atoms with Crippen LogP contribution in [-0.2, 0) is 13.0 Å². The van der Waals surface area contributed by atoms with Crippen molar-refractivity contribution >= 4 is 0 Å². The molecule has 2 saturated heterocycles. The molecule has 22 heavy (non-hydrogen) atoms. The van der Waals surface area contributed by atoms with Crippen LogP contribution in [0.4, 0.5) is 0 Å². The van der Waals surface area contributed by atoms with E-state index >= 15 is 0 Å². The second-order valence-electron chi connectivity index (χ2n) is 6.99. The smallest absolute Gasteiger partial charge is 0.0681 e. The number of rotatable bonds is 5. The van der Waals surface area contributed by atoms with E-state index in [1.165, 1.54) is 64.0 Å². The number of nitrogens with zero attached hydrogens (tertiary/aromatic N) is 2. The summed E-state index contributed by atoms with van der Waals surface area (Å²) in [5, 5.41) is 9.12. The predicted molar refractivity (Wildman–Crippen MR) is 90.9 cm³/mol. The SMILES string of the molecule is CCN1CCC(N2CC[C@H](Cc3ccc(CO)cc3)C2)CC1. The zero-order chi connectivity index (χ0) is 15.4. The Bertz CT molecular complexity index is 451. The van der Waals surface area contributed by atoms with Crippen molar-refractivity contribution in [1.29, 1.82) is 0 Å². The fourth-order valence-electron chi connectivity index (χ4n) is 4.08. The highest BCUT2D eigenvalue weighted by Crippen LogP contribution is 2.26. The predicted octanol–water partition coefficient (Wildman–Crippen LogP) is 2.53. The van der Waals surface area contributed by atoms with Gasteiger partial charge in [0.1, 0.15) is 0 Å². The molecule has 2 heterocycles. The summed E-state index contributed by atoms with van der Waals surface area (Å²) in [5.74, 6) is 0.809. The summed E-state index contributed by atoms with van der Waals surface area (Å²) in [6.45, 7) is 8.76. The van der Waals surface area contributed by atoms with E-state index in [0.29, 0.717) is 0 Å². The summed E-state index contributed by atoms with van der Waals surface area (Å²) in [7, 11) is 0. The van der Waals surface area contributed by atoms with E-state index in [4.69, 9.17) is 5.11 Å². The molecule has 2 aliphatic rings. The number of aliphatic hydroxyl groups is 1. The summed E-state index contributed by atoms with van der Waals surface area (Å²) in [6.07, 6.45) is 5.24. The van der Waals surface area contributed by atoms with Crippen LogP contribution in [0.3, 0.4) is 0 Å². The number of benzene rings is 1. The average Bonchev–Trinajstić information content (AvgIpc) is 3.04. The molecule has 3 nitrogen and oxygen atoms in total. The Morgan fingerprint density at radius 1 is 1.00 bits per heavy atom. The molecule has 0 radical (unpaired) electrons. The van der Waals surface area contributed by atoms with Crippen molar-refractivity contribution in [3.05, 3.63) is 35.4 Å². The molecule has 1 atom stereocenters. The highest BCUT2D eigenvalue weighted by molar-refractivity contribution is 5.22. The lowest BCUT2D eigenvalue weighted by Gasteiger charge is -2.36. The number of hydrogen-bond acceptors (Lipinski definition) is 3. The molecule has 0 unspecified atom stereocenters. The first-order valence-electron chi connectivity index (χ1n) is 8.93. The molecule has 1 N–H and O–H groups in total. The van der Waals surface area contributed by atoms with Crippen molar-refractivity contribution in [3.63, 3.8) is 0 Å². The molecule has 3 heteroatoms. The van der Waals surface area contributed by atoms with Crippen LogP contribution < -0.4 is 0 Å². The lowest BCUT2D eigenvalue weighted by Crippen LogP contribution is -2.43. The van der Waals surface area contributed by atoms with Gasteiger partial charge in [-0.1, -0.05) is 31.2 Å². The van der Waals surface area contributed by atoms with Gasteiger partial charge in [-0.05, 0) is 68.9 Å². The molecule has 2 fully saturated rings. The Morgan fingerprint density at radius 2 is 1.68 bits per heavy atom. The van der Waals surface area contributed by atoms with Gasteiger partial charge in [-0.3, -0.25) is 4.90 Å². The Kier molecular flexibility index (Phi) is 5.51. The Morgan fingerprint density at radius 3 is 2.32 bits per heavy atom. The van der Waals surface area contributed by atoms with E-state index in [1.54, 1.807) is 0 Å². The van der Waals surface area contributed by atoms with Gasteiger partial charge >= 0.3 is 0 Å². The van der Waals surface area contributed by atoms with Crippen LogP contribution in [0, 0.1) is 5.92 Å². The molecule has 0 bridgehead atoms. The van der Waals surface area contributed by atoms with Gasteiger partial charge in [0.2, 0.25) is 0 Å². The minimum Gasteiger partial charge on any atom is -0.392 e. The summed E-state index contributed by atoms with van der Waals surface area (Å²) in [5.41, 5.74) is 2.43. The molecule has 1 aromatic carbocycles. The lowest BCUT2D eigenvalue weighted by molar-refractivity contribution is 0.127. The van der Waals surface area contributed by atoms with E-state index in [1.807, 2.05) is 0 Å². The van der Waals surface area contributed by atoms with E-state index in [9.17, 15) is 0 Å². The van der Waals surface area contributed by atoms with Gasteiger partial charge in [0.25, 0.3) is 0 Å². The Labute approximate surface area is 134 Å². The highest BCUT2D eigenvalue weighted by Gasteiger charge is 2.30. The molecule has 0 spiro atoms.